The highest BCUT2D eigenvalue weighted by molar-refractivity contribution is 6.06. The van der Waals surface area contributed by atoms with E-state index < -0.39 is 5.91 Å². The number of anilines is 5. The van der Waals surface area contributed by atoms with E-state index in [-0.39, 0.29) is 47.1 Å². The van der Waals surface area contributed by atoms with Crippen LogP contribution >= 0.6 is 0 Å². The second-order valence-electron chi connectivity index (χ2n) is 10.4. The summed E-state index contributed by atoms with van der Waals surface area (Å²) in [5, 5.41) is 24.6. The number of nitrogens with two attached hydrogens (primary N) is 4. The lowest BCUT2D eigenvalue weighted by molar-refractivity contribution is 0.0852. The fraction of sp³-hybridized carbons (Fsp3) is 0.385. The number of carbonyl (C=O) groups excluding carboxylic acids is 1. The summed E-state index contributed by atoms with van der Waals surface area (Å²) in [7, 11) is 0. The van der Waals surface area contributed by atoms with Crippen LogP contribution in [-0.4, -0.2) is 81.5 Å². The number of aromatic nitrogens is 3. The highest BCUT2D eigenvalue weighted by Gasteiger charge is 2.29. The van der Waals surface area contributed by atoms with Gasteiger partial charge in [0.2, 0.25) is 17.8 Å². The number of amides is 1. The Labute approximate surface area is 231 Å². The summed E-state index contributed by atoms with van der Waals surface area (Å²) >= 11 is 0. The van der Waals surface area contributed by atoms with Gasteiger partial charge in [0.05, 0.1) is 11.3 Å². The van der Waals surface area contributed by atoms with Crippen LogP contribution in [0.5, 0.6) is 5.75 Å². The third kappa shape index (κ3) is 6.21. The lowest BCUT2D eigenvalue weighted by atomic mass is 10.0. The van der Waals surface area contributed by atoms with Crippen LogP contribution in [0.4, 0.5) is 29.2 Å². The molecule has 4 atom stereocenters. The maximum atomic E-state index is 12.8. The molecule has 4 unspecified atom stereocenters. The first kappa shape index (κ1) is 27.5. The molecule has 1 aromatic heterocycles. The predicted molar refractivity (Wildman–Crippen MR) is 152 cm³/mol. The van der Waals surface area contributed by atoms with Crippen molar-refractivity contribution in [1.29, 1.82) is 0 Å². The molecule has 2 aliphatic heterocycles. The van der Waals surface area contributed by atoms with Crippen molar-refractivity contribution in [1.82, 2.24) is 15.0 Å². The van der Waals surface area contributed by atoms with E-state index in [4.69, 9.17) is 27.9 Å². The minimum Gasteiger partial charge on any atom is -0.507 e. The molecule has 0 radical (unpaired) electrons. The second kappa shape index (κ2) is 11.6. The number of hydrogen-bond acceptors (Lipinski definition) is 13. The van der Waals surface area contributed by atoms with Crippen LogP contribution in [-0.2, 0) is 0 Å². The Balaban J connectivity index is 1.42. The van der Waals surface area contributed by atoms with Gasteiger partial charge < -0.3 is 43.2 Å². The number of phenols is 1. The molecule has 0 saturated carbocycles. The summed E-state index contributed by atoms with van der Waals surface area (Å²) < 4.78 is 0. The number of piperidine rings is 2. The van der Waals surface area contributed by atoms with E-state index >= 15 is 0 Å². The molecular weight excluding hydrogens is 514 g/mol. The van der Waals surface area contributed by atoms with E-state index in [1.54, 1.807) is 36.4 Å². The SMILES string of the molecule is NC1CC(N)CN(c2nc(Nc3ccc(C(=O)N(O)c4ccccc4)c(O)c3)nc(N3CC(N)CC(N)C3)n2)C1. The van der Waals surface area contributed by atoms with Gasteiger partial charge in [-0.1, -0.05) is 18.2 Å². The number of aromatic hydroxyl groups is 1. The van der Waals surface area contributed by atoms with Gasteiger partial charge in [-0.2, -0.15) is 20.0 Å². The van der Waals surface area contributed by atoms with Gasteiger partial charge in [0.1, 0.15) is 5.75 Å². The molecule has 5 rings (SSSR count). The molecule has 11 N–H and O–H groups in total. The molecule has 212 valence electrons. The fourth-order valence-electron chi connectivity index (χ4n) is 5.10. The molecule has 2 aromatic carbocycles. The van der Waals surface area contributed by atoms with E-state index in [0.717, 1.165) is 0 Å². The number of hydroxylamine groups is 1. The number of phenolic OH excluding ortho intramolecular Hbond substituents is 1. The minimum atomic E-state index is -0.782. The van der Waals surface area contributed by atoms with Crippen LogP contribution in [0.25, 0.3) is 0 Å². The first-order chi connectivity index (χ1) is 19.2. The molecule has 1 amide bonds. The Kier molecular flexibility index (Phi) is 7.95. The Morgan fingerprint density at radius 3 is 1.85 bits per heavy atom. The number of rotatable bonds is 6. The van der Waals surface area contributed by atoms with Crippen molar-refractivity contribution in [2.75, 3.05) is 46.4 Å². The molecule has 0 aliphatic carbocycles. The lowest BCUT2D eigenvalue weighted by Crippen LogP contribution is -2.54. The summed E-state index contributed by atoms with van der Waals surface area (Å²) in [6.07, 6.45) is 1.41. The number of carbonyl (C=O) groups is 1. The molecule has 2 aliphatic rings. The molecule has 0 spiro atoms. The zero-order valence-corrected chi connectivity index (χ0v) is 22.0. The number of nitrogens with one attached hydrogen (secondary N) is 1. The van der Waals surface area contributed by atoms with Crippen molar-refractivity contribution in [3.05, 3.63) is 54.1 Å². The molecule has 3 aromatic rings. The van der Waals surface area contributed by atoms with Crippen LogP contribution in [0.15, 0.2) is 48.5 Å². The standard InChI is InChI=1S/C26H35N11O3/c27-15-8-16(28)12-35(11-15)25-32-24(33-26(34-25)36-13-17(29)9-18(30)14-36)31-19-6-7-21(22(38)10-19)23(39)37(40)20-4-2-1-3-5-20/h1-7,10,15-18,38,40H,8-9,11-14,27-30H2,(H,31,32,33,34). The van der Waals surface area contributed by atoms with Crippen LogP contribution in [0.2, 0.25) is 0 Å². The van der Waals surface area contributed by atoms with Gasteiger partial charge in [0, 0.05) is 62.1 Å². The minimum absolute atomic E-state index is 0.0819. The van der Waals surface area contributed by atoms with Crippen molar-refractivity contribution < 1.29 is 15.1 Å². The molecule has 0 bridgehead atoms. The highest BCUT2D eigenvalue weighted by Crippen LogP contribution is 2.28. The quantitative estimate of drug-likeness (QED) is 0.160. The van der Waals surface area contributed by atoms with Gasteiger partial charge in [0.15, 0.2) is 0 Å². The Morgan fingerprint density at radius 2 is 1.35 bits per heavy atom. The lowest BCUT2D eigenvalue weighted by Gasteiger charge is -2.37. The molecule has 2 fully saturated rings. The van der Waals surface area contributed by atoms with E-state index in [1.165, 1.54) is 12.1 Å². The molecule has 14 heteroatoms. The smallest absolute Gasteiger partial charge is 0.285 e. The van der Waals surface area contributed by atoms with E-state index in [2.05, 4.69) is 15.3 Å². The average Bonchev–Trinajstić information content (AvgIpc) is 2.91. The predicted octanol–water partition coefficient (Wildman–Crippen LogP) is 0.0862. The third-order valence-electron chi connectivity index (χ3n) is 6.89. The monoisotopic (exact) mass is 549 g/mol. The number of benzene rings is 2. The van der Waals surface area contributed by atoms with Crippen molar-refractivity contribution in [3.63, 3.8) is 0 Å². The van der Waals surface area contributed by atoms with Crippen molar-refractivity contribution in [2.24, 2.45) is 22.9 Å². The van der Waals surface area contributed by atoms with E-state index in [0.29, 0.717) is 61.7 Å². The van der Waals surface area contributed by atoms with Crippen molar-refractivity contribution >= 4 is 35.1 Å². The van der Waals surface area contributed by atoms with Gasteiger partial charge in [-0.15, -0.1) is 0 Å². The number of para-hydroxylation sites is 1. The summed E-state index contributed by atoms with van der Waals surface area (Å²) in [5.41, 5.74) is 25.5. The summed E-state index contributed by atoms with van der Waals surface area (Å²) in [4.78, 5) is 30.6. The highest BCUT2D eigenvalue weighted by atomic mass is 16.5. The number of hydrogen-bond donors (Lipinski definition) is 7. The van der Waals surface area contributed by atoms with Gasteiger partial charge >= 0.3 is 0 Å². The van der Waals surface area contributed by atoms with Gasteiger partial charge in [0.25, 0.3) is 5.91 Å². The number of nitrogens with zero attached hydrogens (tertiary/aromatic N) is 6. The summed E-state index contributed by atoms with van der Waals surface area (Å²) in [6, 6.07) is 12.1. The van der Waals surface area contributed by atoms with Crippen molar-refractivity contribution in [2.45, 2.75) is 37.0 Å². The topological polar surface area (TPSA) is 222 Å². The van der Waals surface area contributed by atoms with Gasteiger partial charge in [-0.3, -0.25) is 10.0 Å². The van der Waals surface area contributed by atoms with Gasteiger partial charge in [-0.05, 0) is 37.1 Å². The second-order valence-corrected chi connectivity index (χ2v) is 10.4. The third-order valence-corrected chi connectivity index (χ3v) is 6.89. The molecular formula is C26H35N11O3. The zero-order valence-electron chi connectivity index (χ0n) is 22.0. The first-order valence-corrected chi connectivity index (χ1v) is 13.1. The van der Waals surface area contributed by atoms with Crippen LogP contribution < -0.4 is 43.1 Å². The van der Waals surface area contributed by atoms with Gasteiger partial charge in [-0.25, -0.2) is 0 Å². The normalized spacial score (nSPS) is 23.1. The largest absolute Gasteiger partial charge is 0.507 e. The summed E-state index contributed by atoms with van der Waals surface area (Å²) in [5.74, 6) is -0.0933. The van der Waals surface area contributed by atoms with E-state index in [1.807, 2.05) is 9.80 Å². The van der Waals surface area contributed by atoms with Crippen LogP contribution in [0.1, 0.15) is 23.2 Å². The maximum absolute atomic E-state index is 12.8. The maximum Gasteiger partial charge on any atom is 0.285 e. The molecule has 40 heavy (non-hydrogen) atoms. The Bertz CT molecular complexity index is 1280. The van der Waals surface area contributed by atoms with Crippen LogP contribution in [0, 0.1) is 0 Å². The van der Waals surface area contributed by atoms with Crippen molar-refractivity contribution in [3.8, 4) is 5.75 Å². The fourth-order valence-corrected chi connectivity index (χ4v) is 5.10. The molecule has 2 saturated heterocycles. The average molecular weight is 550 g/mol. The Morgan fingerprint density at radius 1 is 0.825 bits per heavy atom. The molecule has 3 heterocycles. The first-order valence-electron chi connectivity index (χ1n) is 13.1. The van der Waals surface area contributed by atoms with Crippen LogP contribution in [0.3, 0.4) is 0 Å². The summed E-state index contributed by atoms with van der Waals surface area (Å²) in [6.45, 7) is 2.14. The zero-order chi connectivity index (χ0) is 28.4. The Hall–Kier alpha value is -4.08. The van der Waals surface area contributed by atoms with E-state index in [9.17, 15) is 15.1 Å². The molecule has 14 nitrogen and oxygen atoms in total.